The van der Waals surface area contributed by atoms with Crippen LogP contribution in [-0.4, -0.2) is 19.8 Å². The molecule has 2 aromatic rings. The minimum atomic E-state index is -0.336. The van der Waals surface area contributed by atoms with E-state index < -0.39 is 0 Å². The van der Waals surface area contributed by atoms with Crippen LogP contribution in [0.1, 0.15) is 25.3 Å². The number of fused-ring (bicyclic) bond motifs is 1. The maximum atomic E-state index is 12.2. The monoisotopic (exact) mass is 275 g/mol. The van der Waals surface area contributed by atoms with E-state index in [0.29, 0.717) is 13.0 Å². The number of alkyl halides is 1. The van der Waals surface area contributed by atoms with Crippen molar-refractivity contribution < 1.29 is 9.13 Å². The second-order valence-electron chi connectivity index (χ2n) is 4.83. The van der Waals surface area contributed by atoms with Gasteiger partial charge in [-0.1, -0.05) is 37.3 Å². The molecule has 0 aromatic heterocycles. The quantitative estimate of drug-likeness (QED) is 0.733. The molecule has 108 valence electrons. The number of benzene rings is 2. The van der Waals surface area contributed by atoms with Gasteiger partial charge in [0.15, 0.2) is 0 Å². The van der Waals surface area contributed by atoms with E-state index in [0.717, 1.165) is 30.8 Å². The lowest BCUT2D eigenvalue weighted by atomic mass is 10.0. The van der Waals surface area contributed by atoms with Crippen LogP contribution in [0.3, 0.4) is 0 Å². The molecule has 1 N–H and O–H groups in total. The third-order valence-corrected chi connectivity index (χ3v) is 3.26. The van der Waals surface area contributed by atoms with E-state index in [2.05, 4.69) is 30.4 Å². The molecule has 0 atom stereocenters. The fourth-order valence-corrected chi connectivity index (χ4v) is 2.26. The molecule has 0 heterocycles. The number of nitrogens with one attached hydrogen (secondary N) is 1. The van der Waals surface area contributed by atoms with E-state index >= 15 is 0 Å². The molecule has 0 amide bonds. The molecule has 0 spiro atoms. The predicted molar refractivity (Wildman–Crippen MR) is 82.0 cm³/mol. The van der Waals surface area contributed by atoms with Gasteiger partial charge in [-0.2, -0.15) is 0 Å². The van der Waals surface area contributed by atoms with Crippen molar-refractivity contribution in [3.05, 3.63) is 42.0 Å². The predicted octanol–water partition coefficient (Wildman–Crippen LogP) is 4.08. The van der Waals surface area contributed by atoms with Crippen molar-refractivity contribution in [3.63, 3.8) is 0 Å². The Morgan fingerprint density at radius 2 is 2.00 bits per heavy atom. The first-order valence-electron chi connectivity index (χ1n) is 7.27. The highest BCUT2D eigenvalue weighted by Gasteiger charge is 2.08. The zero-order chi connectivity index (χ0) is 14.2. The molecule has 0 unspecified atom stereocenters. The maximum absolute atomic E-state index is 12.2. The van der Waals surface area contributed by atoms with E-state index in [-0.39, 0.29) is 6.67 Å². The average Bonchev–Trinajstić information content (AvgIpc) is 2.49. The summed E-state index contributed by atoms with van der Waals surface area (Å²) in [4.78, 5) is 0. The summed E-state index contributed by atoms with van der Waals surface area (Å²) < 4.78 is 17.9. The molecule has 0 aliphatic rings. The summed E-state index contributed by atoms with van der Waals surface area (Å²) in [5, 5.41) is 5.83. The highest BCUT2D eigenvalue weighted by atomic mass is 19.1. The Kier molecular flexibility index (Phi) is 5.81. The molecule has 0 bridgehead atoms. The lowest BCUT2D eigenvalue weighted by molar-refractivity contribution is 0.287. The fourth-order valence-electron chi connectivity index (χ4n) is 2.26. The molecular formula is C17H22FNO. The summed E-state index contributed by atoms with van der Waals surface area (Å²) in [5.74, 6) is 0.862. The third-order valence-electron chi connectivity index (χ3n) is 3.26. The number of ether oxygens (including phenoxy) is 1. The van der Waals surface area contributed by atoms with Gasteiger partial charge in [0.05, 0.1) is 13.3 Å². The molecule has 0 saturated carbocycles. The molecular weight excluding hydrogens is 253 g/mol. The minimum absolute atomic E-state index is 0.336. The smallest absolute Gasteiger partial charge is 0.124 e. The number of rotatable bonds is 8. The Hall–Kier alpha value is -1.61. The molecule has 2 rings (SSSR count). The molecule has 2 nitrogen and oxygen atoms in total. The zero-order valence-electron chi connectivity index (χ0n) is 12.0. The second-order valence-corrected chi connectivity index (χ2v) is 4.83. The van der Waals surface area contributed by atoms with Gasteiger partial charge in [0.1, 0.15) is 5.75 Å². The lowest BCUT2D eigenvalue weighted by Crippen LogP contribution is -2.15. The molecule has 0 radical (unpaired) electrons. The van der Waals surface area contributed by atoms with Crippen molar-refractivity contribution in [2.45, 2.75) is 26.3 Å². The molecule has 3 heteroatoms. The van der Waals surface area contributed by atoms with Crippen LogP contribution in [0.5, 0.6) is 5.75 Å². The van der Waals surface area contributed by atoms with E-state index in [1.165, 1.54) is 10.8 Å². The summed E-state index contributed by atoms with van der Waals surface area (Å²) >= 11 is 0. The second kappa shape index (κ2) is 7.85. The molecule has 0 aliphatic heterocycles. The van der Waals surface area contributed by atoms with Gasteiger partial charge >= 0.3 is 0 Å². The number of hydrogen-bond acceptors (Lipinski definition) is 2. The van der Waals surface area contributed by atoms with Crippen LogP contribution in [-0.2, 0) is 6.54 Å². The van der Waals surface area contributed by atoms with Gasteiger partial charge in [-0.15, -0.1) is 0 Å². The van der Waals surface area contributed by atoms with Crippen molar-refractivity contribution in [1.82, 2.24) is 5.32 Å². The van der Waals surface area contributed by atoms with E-state index in [1.807, 2.05) is 18.2 Å². The Morgan fingerprint density at radius 3 is 2.80 bits per heavy atom. The number of hydrogen-bond donors (Lipinski definition) is 1. The van der Waals surface area contributed by atoms with Gasteiger partial charge in [-0.3, -0.25) is 4.39 Å². The van der Waals surface area contributed by atoms with Crippen LogP contribution in [0.4, 0.5) is 4.39 Å². The van der Waals surface area contributed by atoms with E-state index in [1.54, 1.807) is 0 Å². The normalized spacial score (nSPS) is 10.9. The van der Waals surface area contributed by atoms with Crippen LogP contribution in [0.2, 0.25) is 0 Å². The largest absolute Gasteiger partial charge is 0.493 e. The molecule has 0 fully saturated rings. The van der Waals surface area contributed by atoms with Crippen molar-refractivity contribution in [2.24, 2.45) is 0 Å². The van der Waals surface area contributed by atoms with E-state index in [4.69, 9.17) is 4.74 Å². The summed E-state index contributed by atoms with van der Waals surface area (Å²) in [6.07, 6.45) is 1.54. The first kappa shape index (κ1) is 14.8. The molecule has 2 aromatic carbocycles. The Balaban J connectivity index is 2.26. The van der Waals surface area contributed by atoms with Crippen molar-refractivity contribution in [1.29, 1.82) is 0 Å². The van der Waals surface area contributed by atoms with Crippen LogP contribution < -0.4 is 10.1 Å². The zero-order valence-corrected chi connectivity index (χ0v) is 12.0. The Labute approximate surface area is 119 Å². The van der Waals surface area contributed by atoms with Crippen LogP contribution in [0.25, 0.3) is 10.8 Å². The molecule has 0 aliphatic carbocycles. The summed E-state index contributed by atoms with van der Waals surface area (Å²) in [6, 6.07) is 12.3. The van der Waals surface area contributed by atoms with Crippen molar-refractivity contribution in [2.75, 3.05) is 19.8 Å². The molecule has 20 heavy (non-hydrogen) atoms. The van der Waals surface area contributed by atoms with Crippen LogP contribution in [0, 0.1) is 0 Å². The first-order chi connectivity index (χ1) is 9.86. The van der Waals surface area contributed by atoms with Gasteiger partial charge < -0.3 is 10.1 Å². The van der Waals surface area contributed by atoms with Crippen molar-refractivity contribution in [3.8, 4) is 5.75 Å². The standard InChI is InChI=1S/C17H22FNO/c1-2-11-19-13-16-15-7-4-3-6-14(15)8-9-17(16)20-12-5-10-18/h3-4,6-9,19H,2,5,10-13H2,1H3. The van der Waals surface area contributed by atoms with Gasteiger partial charge in [0, 0.05) is 18.5 Å². The van der Waals surface area contributed by atoms with Crippen molar-refractivity contribution >= 4 is 10.8 Å². The summed E-state index contributed by atoms with van der Waals surface area (Å²) in [5.41, 5.74) is 1.16. The number of halogens is 1. The highest BCUT2D eigenvalue weighted by molar-refractivity contribution is 5.87. The SMILES string of the molecule is CCCNCc1c(OCCCF)ccc2ccccc12. The highest BCUT2D eigenvalue weighted by Crippen LogP contribution is 2.28. The Bertz CT molecular complexity index is 542. The minimum Gasteiger partial charge on any atom is -0.493 e. The Morgan fingerprint density at radius 1 is 1.15 bits per heavy atom. The van der Waals surface area contributed by atoms with Gasteiger partial charge in [-0.25, -0.2) is 0 Å². The maximum Gasteiger partial charge on any atom is 0.124 e. The fraction of sp³-hybridized carbons (Fsp3) is 0.412. The summed E-state index contributed by atoms with van der Waals surface area (Å²) in [7, 11) is 0. The summed E-state index contributed by atoms with van der Waals surface area (Å²) in [6.45, 7) is 3.99. The van der Waals surface area contributed by atoms with Gasteiger partial charge in [-0.05, 0) is 29.8 Å². The van der Waals surface area contributed by atoms with E-state index in [9.17, 15) is 4.39 Å². The van der Waals surface area contributed by atoms with Gasteiger partial charge in [0.2, 0.25) is 0 Å². The topological polar surface area (TPSA) is 21.3 Å². The van der Waals surface area contributed by atoms with Gasteiger partial charge in [0.25, 0.3) is 0 Å². The first-order valence-corrected chi connectivity index (χ1v) is 7.27. The average molecular weight is 275 g/mol. The molecule has 0 saturated heterocycles. The third kappa shape index (κ3) is 3.70. The van der Waals surface area contributed by atoms with Crippen LogP contribution in [0.15, 0.2) is 36.4 Å². The van der Waals surface area contributed by atoms with Crippen LogP contribution >= 0.6 is 0 Å². The lowest BCUT2D eigenvalue weighted by Gasteiger charge is -2.14.